The summed E-state index contributed by atoms with van der Waals surface area (Å²) in [5, 5.41) is 22.5. The summed E-state index contributed by atoms with van der Waals surface area (Å²) in [6.45, 7) is 5.89. The van der Waals surface area contributed by atoms with E-state index in [4.69, 9.17) is 9.47 Å². The molecule has 0 bridgehead atoms. The topological polar surface area (TPSA) is 117 Å². The number of hydrogen-bond acceptors (Lipinski definition) is 7. The van der Waals surface area contributed by atoms with E-state index in [1.807, 2.05) is 37.3 Å². The lowest BCUT2D eigenvalue weighted by atomic mass is 9.90. The van der Waals surface area contributed by atoms with E-state index in [0.29, 0.717) is 58.5 Å². The predicted octanol–water partition coefficient (Wildman–Crippen LogP) is 6.31. The third-order valence-electron chi connectivity index (χ3n) is 6.21. The number of anilines is 1. The van der Waals surface area contributed by atoms with Gasteiger partial charge >= 0.3 is 0 Å². The van der Waals surface area contributed by atoms with Gasteiger partial charge in [-0.25, -0.2) is 9.97 Å². The number of aliphatic hydroxyl groups excluding tert-OH is 1. The lowest BCUT2D eigenvalue weighted by Crippen LogP contribution is -2.16. The number of hydrogen-bond donors (Lipinski definition) is 2. The summed E-state index contributed by atoms with van der Waals surface area (Å²) < 4.78 is 11.7. The van der Waals surface area contributed by atoms with Crippen molar-refractivity contribution < 1.29 is 19.4 Å². The Morgan fingerprint density at radius 2 is 2.00 bits per heavy atom. The number of benzene rings is 3. The first kappa shape index (κ1) is 24.5. The number of aromatic nitrogens is 2. The third-order valence-corrected chi connectivity index (χ3v) is 6.21. The zero-order valence-corrected chi connectivity index (χ0v) is 20.6. The van der Waals surface area contributed by atoms with Crippen molar-refractivity contribution in [2.75, 3.05) is 11.9 Å². The van der Waals surface area contributed by atoms with E-state index < -0.39 is 0 Å². The average Bonchev–Trinajstić information content (AvgIpc) is 2.92. The maximum atomic E-state index is 12.9. The molecule has 1 amide bonds. The maximum absolute atomic E-state index is 12.9. The maximum Gasteiger partial charge on any atom is 0.255 e. The zero-order valence-electron chi connectivity index (χ0n) is 20.6. The van der Waals surface area contributed by atoms with Gasteiger partial charge in [0.25, 0.3) is 5.91 Å². The molecule has 0 aliphatic carbocycles. The highest BCUT2D eigenvalue weighted by Gasteiger charge is 2.26. The van der Waals surface area contributed by atoms with Crippen molar-refractivity contribution in [2.24, 2.45) is 0 Å². The predicted molar refractivity (Wildman–Crippen MR) is 142 cm³/mol. The number of carbonyl (C=O) groups is 1. The van der Waals surface area contributed by atoms with Crippen LogP contribution in [-0.2, 0) is 0 Å². The normalized spacial score (nSPS) is 13.9. The van der Waals surface area contributed by atoms with Crippen molar-refractivity contribution in [3.8, 4) is 34.6 Å². The second kappa shape index (κ2) is 10.4. The molecule has 2 N–H and O–H groups in total. The van der Waals surface area contributed by atoms with Gasteiger partial charge in [0, 0.05) is 40.6 Å². The van der Waals surface area contributed by atoms with Crippen LogP contribution in [-0.4, -0.2) is 27.6 Å². The molecule has 4 aromatic rings. The summed E-state index contributed by atoms with van der Waals surface area (Å²) >= 11 is 0. The quantitative estimate of drug-likeness (QED) is 0.296. The lowest BCUT2D eigenvalue weighted by molar-refractivity contribution is 0.102. The van der Waals surface area contributed by atoms with Crippen LogP contribution in [0.5, 0.6) is 17.2 Å². The van der Waals surface area contributed by atoms with Crippen molar-refractivity contribution in [2.45, 2.75) is 19.3 Å². The van der Waals surface area contributed by atoms with Gasteiger partial charge in [0.2, 0.25) is 0 Å². The van der Waals surface area contributed by atoms with Gasteiger partial charge in [-0.2, -0.15) is 5.26 Å². The Labute approximate surface area is 219 Å². The van der Waals surface area contributed by atoms with Crippen LogP contribution >= 0.6 is 0 Å². The lowest BCUT2D eigenvalue weighted by Gasteiger charge is -2.26. The van der Waals surface area contributed by atoms with Crippen LogP contribution in [0.1, 0.15) is 39.6 Å². The van der Waals surface area contributed by atoms with Gasteiger partial charge in [-0.15, -0.1) is 0 Å². The number of nitrogens with zero attached hydrogens (tertiary/aromatic N) is 3. The molecule has 8 nitrogen and oxygen atoms in total. The number of carbonyl (C=O) groups excluding carboxylic acids is 1. The largest absolute Gasteiger partial charge is 0.512 e. The van der Waals surface area contributed by atoms with Gasteiger partial charge in [0.15, 0.2) is 0 Å². The average molecular weight is 505 g/mol. The first-order valence-electron chi connectivity index (χ1n) is 12.0. The minimum absolute atomic E-state index is 0.0387. The fraction of sp³-hybridized carbons (Fsp3) is 0.133. The third kappa shape index (κ3) is 5.18. The van der Waals surface area contributed by atoms with Crippen molar-refractivity contribution in [3.05, 3.63) is 108 Å². The SMILES string of the molecule is C=C(O)C1CCOc2cc(Oc3ccc(C(=O)Nc4cccc(-c5ccnc(C)n5)c4)cc3)c(C#N)cc21. The van der Waals surface area contributed by atoms with Crippen LogP contribution in [0.15, 0.2) is 85.3 Å². The van der Waals surface area contributed by atoms with E-state index >= 15 is 0 Å². The molecule has 188 valence electrons. The van der Waals surface area contributed by atoms with Crippen molar-refractivity contribution >= 4 is 11.6 Å². The number of ether oxygens (including phenoxy) is 2. The Morgan fingerprint density at radius 3 is 2.74 bits per heavy atom. The molecule has 0 saturated carbocycles. The summed E-state index contributed by atoms with van der Waals surface area (Å²) in [4.78, 5) is 21.4. The molecule has 8 heteroatoms. The molecule has 0 saturated heterocycles. The van der Waals surface area contributed by atoms with E-state index in [1.165, 1.54) is 0 Å². The Bertz CT molecular complexity index is 1570. The van der Waals surface area contributed by atoms with Gasteiger partial charge in [0.05, 0.1) is 23.6 Å². The van der Waals surface area contributed by atoms with Crippen LogP contribution in [0.4, 0.5) is 5.69 Å². The summed E-state index contributed by atoms with van der Waals surface area (Å²) in [6, 6.07) is 21.3. The number of aryl methyl sites for hydroxylation is 1. The Hall–Kier alpha value is -5.16. The number of nitriles is 1. The fourth-order valence-electron chi connectivity index (χ4n) is 4.31. The Morgan fingerprint density at radius 1 is 1.18 bits per heavy atom. The number of allylic oxidation sites excluding steroid dienone is 1. The summed E-state index contributed by atoms with van der Waals surface area (Å²) in [5.41, 5.74) is 3.74. The second-order valence-corrected chi connectivity index (χ2v) is 8.83. The molecule has 3 aromatic carbocycles. The van der Waals surface area contributed by atoms with Gasteiger partial charge in [0.1, 0.15) is 29.1 Å². The summed E-state index contributed by atoms with van der Waals surface area (Å²) in [7, 11) is 0. The standard InChI is InChI=1S/C30H24N4O4/c1-18(35)25-11-13-37-29-16-28(22(17-31)15-26(25)29)38-24-8-6-20(7-9-24)30(36)34-23-5-3-4-21(14-23)27-10-12-32-19(2)33-27/h3-10,12,14-16,25,35H,1,11,13H2,2H3,(H,34,36). The van der Waals surface area contributed by atoms with Gasteiger partial charge in [-0.1, -0.05) is 18.7 Å². The van der Waals surface area contributed by atoms with Crippen LogP contribution in [0.2, 0.25) is 0 Å². The van der Waals surface area contributed by atoms with Crippen molar-refractivity contribution in [1.29, 1.82) is 5.26 Å². The highest BCUT2D eigenvalue weighted by atomic mass is 16.5. The molecule has 1 atom stereocenters. The van der Waals surface area contributed by atoms with Gasteiger partial charge in [-0.05, 0) is 61.9 Å². The highest BCUT2D eigenvalue weighted by molar-refractivity contribution is 6.04. The summed E-state index contributed by atoms with van der Waals surface area (Å²) in [6.07, 6.45) is 2.29. The zero-order chi connectivity index (χ0) is 26.6. The van der Waals surface area contributed by atoms with Crippen molar-refractivity contribution in [1.82, 2.24) is 9.97 Å². The summed E-state index contributed by atoms with van der Waals surface area (Å²) in [5.74, 6) is 1.47. The number of aliphatic hydroxyl groups is 1. The smallest absolute Gasteiger partial charge is 0.255 e. The minimum atomic E-state index is -0.288. The molecule has 1 aliphatic rings. The van der Waals surface area contributed by atoms with Gasteiger partial charge < -0.3 is 19.9 Å². The monoisotopic (exact) mass is 504 g/mol. The van der Waals surface area contributed by atoms with E-state index in [2.05, 4.69) is 27.9 Å². The fourth-order valence-corrected chi connectivity index (χ4v) is 4.31. The van der Waals surface area contributed by atoms with E-state index in [1.54, 1.807) is 42.6 Å². The molecule has 0 fully saturated rings. The van der Waals surface area contributed by atoms with E-state index in [-0.39, 0.29) is 17.6 Å². The van der Waals surface area contributed by atoms with Crippen LogP contribution in [0.25, 0.3) is 11.3 Å². The first-order valence-corrected chi connectivity index (χ1v) is 12.0. The van der Waals surface area contributed by atoms with Crippen molar-refractivity contribution in [3.63, 3.8) is 0 Å². The molecule has 2 heterocycles. The number of fused-ring (bicyclic) bond motifs is 1. The molecule has 1 aliphatic heterocycles. The van der Waals surface area contributed by atoms with Crippen LogP contribution < -0.4 is 14.8 Å². The molecule has 5 rings (SSSR count). The van der Waals surface area contributed by atoms with Gasteiger partial charge in [-0.3, -0.25) is 4.79 Å². The number of nitrogens with one attached hydrogen (secondary N) is 1. The molecular weight excluding hydrogens is 480 g/mol. The molecule has 0 radical (unpaired) electrons. The van der Waals surface area contributed by atoms with Crippen LogP contribution in [0.3, 0.4) is 0 Å². The second-order valence-electron chi connectivity index (χ2n) is 8.83. The highest BCUT2D eigenvalue weighted by Crippen LogP contribution is 2.41. The molecule has 0 spiro atoms. The Balaban J connectivity index is 1.31. The Kier molecular flexibility index (Phi) is 6.74. The first-order chi connectivity index (χ1) is 18.4. The molecule has 1 aromatic heterocycles. The van der Waals surface area contributed by atoms with E-state index in [9.17, 15) is 15.2 Å². The molecule has 38 heavy (non-hydrogen) atoms. The molecule has 1 unspecified atom stereocenters. The minimum Gasteiger partial charge on any atom is -0.512 e. The molecular formula is C30H24N4O4. The number of rotatable bonds is 6. The van der Waals surface area contributed by atoms with E-state index in [0.717, 1.165) is 11.3 Å². The number of amides is 1. The van der Waals surface area contributed by atoms with Crippen LogP contribution in [0, 0.1) is 18.3 Å².